The van der Waals surface area contributed by atoms with Crippen molar-refractivity contribution in [3.8, 4) is 0 Å². The molecule has 4 aliphatic carbocycles. The van der Waals surface area contributed by atoms with Gasteiger partial charge >= 0.3 is 5.97 Å². The van der Waals surface area contributed by atoms with Crippen LogP contribution in [0.2, 0.25) is 0 Å². The number of carbonyl (C=O) groups is 3. The Labute approximate surface area is 148 Å². The van der Waals surface area contributed by atoms with Gasteiger partial charge in [0.25, 0.3) is 0 Å². The summed E-state index contributed by atoms with van der Waals surface area (Å²) in [6, 6.07) is 0. The third-order valence-electron chi connectivity index (χ3n) is 8.21. The van der Waals surface area contributed by atoms with E-state index in [2.05, 4.69) is 6.92 Å². The fraction of sp³-hybridized carbons (Fsp3) is 0.850. The second-order valence-corrected chi connectivity index (χ2v) is 8.92. The average Bonchev–Trinajstić information content (AvgIpc) is 2.89. The minimum Gasteiger partial charge on any atom is -0.468 e. The van der Waals surface area contributed by atoms with E-state index in [0.29, 0.717) is 25.7 Å². The van der Waals surface area contributed by atoms with E-state index in [0.717, 1.165) is 25.7 Å². The number of methoxy groups -OCH3 is 1. The van der Waals surface area contributed by atoms with Gasteiger partial charge in [-0.05, 0) is 61.7 Å². The molecule has 5 nitrogen and oxygen atoms in total. The van der Waals surface area contributed by atoms with Gasteiger partial charge in [0.2, 0.25) is 0 Å². The molecule has 0 saturated heterocycles. The number of ketones is 2. The van der Waals surface area contributed by atoms with Crippen LogP contribution in [0, 0.1) is 34.5 Å². The maximum Gasteiger partial charge on any atom is 0.319 e. The molecule has 0 aromatic rings. The summed E-state index contributed by atoms with van der Waals surface area (Å²) in [6.07, 6.45) is 4.77. The number of ether oxygens (including phenoxy) is 1. The first-order valence-corrected chi connectivity index (χ1v) is 9.69. The van der Waals surface area contributed by atoms with Gasteiger partial charge in [0.15, 0.2) is 5.78 Å². The molecule has 0 aliphatic heterocycles. The van der Waals surface area contributed by atoms with Crippen molar-refractivity contribution in [1.29, 1.82) is 0 Å². The Hall–Kier alpha value is -1.23. The summed E-state index contributed by atoms with van der Waals surface area (Å²) in [4.78, 5) is 39.1. The van der Waals surface area contributed by atoms with E-state index in [9.17, 15) is 19.5 Å². The van der Waals surface area contributed by atoms with Crippen LogP contribution in [0.3, 0.4) is 0 Å². The highest BCUT2D eigenvalue weighted by atomic mass is 16.5. The van der Waals surface area contributed by atoms with Crippen LogP contribution in [0.4, 0.5) is 0 Å². The molecule has 0 bridgehead atoms. The van der Waals surface area contributed by atoms with Crippen molar-refractivity contribution < 1.29 is 24.2 Å². The number of esters is 1. The van der Waals surface area contributed by atoms with Gasteiger partial charge < -0.3 is 9.84 Å². The zero-order valence-corrected chi connectivity index (χ0v) is 15.1. The Balaban J connectivity index is 1.82. The second kappa shape index (κ2) is 5.63. The molecular formula is C20H28O5. The molecule has 0 unspecified atom stereocenters. The fourth-order valence-electron chi connectivity index (χ4n) is 7.00. The molecule has 4 fully saturated rings. The van der Waals surface area contributed by atoms with Crippen molar-refractivity contribution in [2.75, 3.05) is 7.11 Å². The topological polar surface area (TPSA) is 80.7 Å². The Morgan fingerprint density at radius 3 is 2.64 bits per heavy atom. The number of hydrogen-bond acceptors (Lipinski definition) is 5. The molecule has 0 heterocycles. The van der Waals surface area contributed by atoms with E-state index in [1.165, 1.54) is 7.11 Å². The van der Waals surface area contributed by atoms with Gasteiger partial charge in [-0.3, -0.25) is 14.4 Å². The largest absolute Gasteiger partial charge is 0.468 e. The summed E-state index contributed by atoms with van der Waals surface area (Å²) in [5, 5.41) is 10.5. The van der Waals surface area contributed by atoms with E-state index in [1.807, 2.05) is 0 Å². The van der Waals surface area contributed by atoms with Crippen molar-refractivity contribution in [2.24, 2.45) is 34.5 Å². The smallest absolute Gasteiger partial charge is 0.319 e. The normalized spacial score (nSPS) is 49.2. The summed E-state index contributed by atoms with van der Waals surface area (Å²) < 4.78 is 5.14. The molecule has 0 aromatic carbocycles. The number of fused-ring (bicyclic) bond motifs is 5. The number of hydrogen-bond donors (Lipinski definition) is 1. The van der Waals surface area contributed by atoms with Gasteiger partial charge in [-0.1, -0.05) is 6.92 Å². The minimum atomic E-state index is -1.12. The van der Waals surface area contributed by atoms with Crippen LogP contribution in [-0.4, -0.2) is 35.9 Å². The molecular weight excluding hydrogens is 320 g/mol. The SMILES string of the molecule is COC(=O)[C@@]12C(=O)CCC[C@@H]1CC(=O)[C@@H]1[C@H]2CC[C@]2(C)[C@@H](O)CC[C@@H]12. The number of rotatable bonds is 1. The quantitative estimate of drug-likeness (QED) is 0.581. The molecule has 138 valence electrons. The molecule has 5 heteroatoms. The van der Waals surface area contributed by atoms with Gasteiger partial charge in [-0.15, -0.1) is 0 Å². The predicted molar refractivity (Wildman–Crippen MR) is 89.5 cm³/mol. The Kier molecular flexibility index (Phi) is 3.87. The first-order chi connectivity index (χ1) is 11.9. The Morgan fingerprint density at radius 2 is 1.92 bits per heavy atom. The molecule has 1 N–H and O–H groups in total. The molecule has 4 rings (SSSR count). The number of carbonyl (C=O) groups excluding carboxylic acids is 3. The van der Waals surface area contributed by atoms with E-state index < -0.39 is 11.4 Å². The highest BCUT2D eigenvalue weighted by Gasteiger charge is 2.69. The van der Waals surface area contributed by atoms with Crippen molar-refractivity contribution >= 4 is 17.5 Å². The van der Waals surface area contributed by atoms with Crippen molar-refractivity contribution in [3.63, 3.8) is 0 Å². The average molecular weight is 348 g/mol. The number of aliphatic hydroxyl groups excluding tert-OH is 1. The number of Topliss-reactive ketones (excluding diaryl/α,β-unsaturated/α-hetero) is 2. The molecule has 0 aromatic heterocycles. The van der Waals surface area contributed by atoms with Gasteiger partial charge in [-0.2, -0.15) is 0 Å². The van der Waals surface area contributed by atoms with Crippen LogP contribution < -0.4 is 0 Å². The van der Waals surface area contributed by atoms with E-state index in [1.54, 1.807) is 0 Å². The first kappa shape index (κ1) is 17.2. The van der Waals surface area contributed by atoms with E-state index in [-0.39, 0.29) is 46.8 Å². The maximum absolute atomic E-state index is 13.1. The van der Waals surface area contributed by atoms with Gasteiger partial charge in [0.05, 0.1) is 13.2 Å². The van der Waals surface area contributed by atoms with Crippen LogP contribution in [0.5, 0.6) is 0 Å². The van der Waals surface area contributed by atoms with Crippen molar-refractivity contribution in [2.45, 2.75) is 64.4 Å². The summed E-state index contributed by atoms with van der Waals surface area (Å²) in [7, 11) is 1.35. The van der Waals surface area contributed by atoms with Gasteiger partial charge in [0, 0.05) is 18.8 Å². The molecule has 0 amide bonds. The molecule has 0 radical (unpaired) electrons. The monoisotopic (exact) mass is 348 g/mol. The summed E-state index contributed by atoms with van der Waals surface area (Å²) in [6.45, 7) is 2.08. The zero-order chi connectivity index (χ0) is 18.0. The van der Waals surface area contributed by atoms with Gasteiger partial charge in [-0.25, -0.2) is 0 Å². The van der Waals surface area contributed by atoms with Crippen LogP contribution in [0.25, 0.3) is 0 Å². The van der Waals surface area contributed by atoms with Crippen LogP contribution in [0.15, 0.2) is 0 Å². The first-order valence-electron chi connectivity index (χ1n) is 9.69. The number of aliphatic hydroxyl groups is 1. The van der Waals surface area contributed by atoms with E-state index >= 15 is 0 Å². The lowest BCUT2D eigenvalue weighted by Gasteiger charge is -2.57. The predicted octanol–water partition coefficient (Wildman–Crippen LogP) is 2.29. The summed E-state index contributed by atoms with van der Waals surface area (Å²) in [5.74, 6) is -0.895. The highest BCUT2D eigenvalue weighted by Crippen LogP contribution is 2.64. The van der Waals surface area contributed by atoms with Gasteiger partial charge in [0.1, 0.15) is 11.2 Å². The lowest BCUT2D eigenvalue weighted by molar-refractivity contribution is -0.187. The zero-order valence-electron chi connectivity index (χ0n) is 15.1. The van der Waals surface area contributed by atoms with Crippen LogP contribution in [-0.2, 0) is 19.1 Å². The fourth-order valence-corrected chi connectivity index (χ4v) is 7.00. The standard InChI is InChI=1S/C20H28O5/c1-19-9-8-13-17(12(19)6-7-15(19)22)14(21)10-11-4-3-5-16(23)20(11,13)18(24)25-2/h11-13,15,17,22H,3-10H2,1-2H3/t11-,12+,13-,15+,17+,19+,20+/m1/s1. The molecule has 7 atom stereocenters. The van der Waals surface area contributed by atoms with Crippen LogP contribution in [0.1, 0.15) is 58.3 Å². The van der Waals surface area contributed by atoms with E-state index in [4.69, 9.17) is 4.74 Å². The Bertz CT molecular complexity index is 618. The molecule has 25 heavy (non-hydrogen) atoms. The van der Waals surface area contributed by atoms with Crippen LogP contribution >= 0.6 is 0 Å². The third-order valence-corrected chi connectivity index (χ3v) is 8.21. The highest BCUT2D eigenvalue weighted by molar-refractivity contribution is 6.07. The lowest BCUT2D eigenvalue weighted by atomic mass is 9.44. The molecule has 4 saturated carbocycles. The molecule has 4 aliphatic rings. The Morgan fingerprint density at radius 1 is 1.16 bits per heavy atom. The van der Waals surface area contributed by atoms with Crippen molar-refractivity contribution in [1.82, 2.24) is 0 Å². The second-order valence-electron chi connectivity index (χ2n) is 8.92. The molecule has 0 spiro atoms. The third kappa shape index (κ3) is 2.02. The summed E-state index contributed by atoms with van der Waals surface area (Å²) >= 11 is 0. The van der Waals surface area contributed by atoms with Crippen molar-refractivity contribution in [3.05, 3.63) is 0 Å². The minimum absolute atomic E-state index is 0.0137. The lowest BCUT2D eigenvalue weighted by Crippen LogP contribution is -2.63. The maximum atomic E-state index is 13.1. The summed E-state index contributed by atoms with van der Waals surface area (Å²) in [5.41, 5.74) is -1.39.